The van der Waals surface area contributed by atoms with Gasteiger partial charge in [0.15, 0.2) is 5.78 Å². The number of aromatic nitrogens is 3. The van der Waals surface area contributed by atoms with E-state index in [1.54, 1.807) is 6.92 Å². The number of alkyl halides is 2. The lowest BCUT2D eigenvalue weighted by molar-refractivity contribution is -0.144. The summed E-state index contributed by atoms with van der Waals surface area (Å²) >= 11 is 12.2. The molecule has 2 aromatic heterocycles. The first-order valence-electron chi connectivity index (χ1n) is 11.3. The summed E-state index contributed by atoms with van der Waals surface area (Å²) in [6, 6.07) is 3.86. The van der Waals surface area contributed by atoms with Gasteiger partial charge in [0.2, 0.25) is 0 Å². The van der Waals surface area contributed by atoms with Crippen LogP contribution in [-0.2, 0) is 9.53 Å². The van der Waals surface area contributed by atoms with E-state index in [4.69, 9.17) is 32.7 Å². The third kappa shape index (κ3) is 6.06. The number of carbonyl (C=O) groups is 2. The average molecular weight is 569 g/mol. The topological polar surface area (TPSA) is 103 Å². The summed E-state index contributed by atoms with van der Waals surface area (Å²) in [5.74, 6) is -2.36. The van der Waals surface area contributed by atoms with Gasteiger partial charge in [0.25, 0.3) is 12.3 Å². The maximum Gasteiger partial charge on any atom is 0.272 e. The average Bonchev–Trinajstić information content (AvgIpc) is 2.85. The van der Waals surface area contributed by atoms with Crippen LogP contribution in [0, 0.1) is 5.82 Å². The van der Waals surface area contributed by atoms with E-state index in [-0.39, 0.29) is 63.6 Å². The molecule has 200 valence electrons. The molecule has 1 aliphatic heterocycles. The minimum Gasteiger partial charge on any atom is -0.485 e. The Balaban J connectivity index is 1.52. The van der Waals surface area contributed by atoms with Crippen LogP contribution in [0.4, 0.5) is 13.2 Å². The van der Waals surface area contributed by atoms with Crippen LogP contribution < -0.4 is 10.1 Å². The van der Waals surface area contributed by atoms with Crippen molar-refractivity contribution in [3.05, 3.63) is 70.2 Å². The molecule has 0 spiro atoms. The predicted octanol–water partition coefficient (Wildman–Crippen LogP) is 4.89. The molecule has 1 N–H and O–H groups in total. The van der Waals surface area contributed by atoms with Crippen LogP contribution in [0.15, 0.2) is 43.1 Å². The van der Waals surface area contributed by atoms with Crippen molar-refractivity contribution in [1.29, 1.82) is 0 Å². The van der Waals surface area contributed by atoms with E-state index >= 15 is 4.39 Å². The number of nitrogens with one attached hydrogen (secondary N) is 1. The molecule has 38 heavy (non-hydrogen) atoms. The third-order valence-electron chi connectivity index (χ3n) is 5.91. The highest BCUT2D eigenvalue weighted by Crippen LogP contribution is 2.40. The smallest absolute Gasteiger partial charge is 0.272 e. The number of benzene rings is 1. The number of amides is 1. The second-order valence-corrected chi connectivity index (χ2v) is 9.59. The van der Waals surface area contributed by atoms with E-state index in [0.29, 0.717) is 0 Å². The molecule has 1 atom stereocenters. The van der Waals surface area contributed by atoms with Crippen LogP contribution in [0.5, 0.6) is 5.75 Å². The molecule has 0 aliphatic carbocycles. The number of carbonyl (C=O) groups excluding carboxylic acids is 2. The second-order valence-electron chi connectivity index (χ2n) is 8.74. The predicted molar refractivity (Wildman–Crippen MR) is 132 cm³/mol. The van der Waals surface area contributed by atoms with Crippen molar-refractivity contribution >= 4 is 34.9 Å². The lowest BCUT2D eigenvalue weighted by Crippen LogP contribution is -2.67. The Morgan fingerprint density at radius 3 is 2.47 bits per heavy atom. The summed E-state index contributed by atoms with van der Waals surface area (Å²) in [5.41, 5.74) is -0.696. The first-order valence-corrected chi connectivity index (χ1v) is 12.1. The van der Waals surface area contributed by atoms with Gasteiger partial charge in [-0.25, -0.2) is 23.1 Å². The zero-order valence-corrected chi connectivity index (χ0v) is 21.4. The van der Waals surface area contributed by atoms with Crippen LogP contribution >= 0.6 is 23.2 Å². The molecule has 0 radical (unpaired) electrons. The van der Waals surface area contributed by atoms with Gasteiger partial charge in [-0.15, -0.1) is 0 Å². The van der Waals surface area contributed by atoms with Crippen molar-refractivity contribution in [1.82, 2.24) is 20.3 Å². The maximum absolute atomic E-state index is 15.2. The van der Waals surface area contributed by atoms with E-state index in [0.717, 1.165) is 6.07 Å². The molecule has 1 amide bonds. The standard InChI is InChI=1S/C25H21Cl2F3N4O4/c1-13(2-20(35)25(10-37-11-25)34-24(36)15-6-31-12-32-7-15)22-19(28)3-14(8-33-22)17-4-16(26)5-18(27)23(17)38-9-21(29)30/h3-8,12-13,21H,2,9-11H2,1H3,(H,34,36)/t13-/m0/s1. The third-order valence-corrected chi connectivity index (χ3v) is 6.41. The summed E-state index contributed by atoms with van der Waals surface area (Å²) in [4.78, 5) is 37.5. The van der Waals surface area contributed by atoms with E-state index < -0.39 is 36.2 Å². The first-order chi connectivity index (χ1) is 18.1. The van der Waals surface area contributed by atoms with Gasteiger partial charge >= 0.3 is 0 Å². The van der Waals surface area contributed by atoms with Crippen LogP contribution in [0.3, 0.4) is 0 Å². The maximum atomic E-state index is 15.2. The fraction of sp³-hybridized carbons (Fsp3) is 0.320. The summed E-state index contributed by atoms with van der Waals surface area (Å²) < 4.78 is 51.0. The lowest BCUT2D eigenvalue weighted by Gasteiger charge is -2.41. The van der Waals surface area contributed by atoms with Crippen LogP contribution in [-0.4, -0.2) is 58.4 Å². The highest BCUT2D eigenvalue weighted by atomic mass is 35.5. The summed E-state index contributed by atoms with van der Waals surface area (Å²) in [7, 11) is 0. The molecule has 4 rings (SSSR count). The Hall–Kier alpha value is -3.28. The molecule has 3 heterocycles. The number of halogens is 5. The number of hydrogen-bond acceptors (Lipinski definition) is 7. The van der Waals surface area contributed by atoms with Gasteiger partial charge in [0, 0.05) is 47.1 Å². The Morgan fingerprint density at radius 1 is 1.16 bits per heavy atom. The number of ketones is 1. The van der Waals surface area contributed by atoms with Gasteiger partial charge in [0.1, 0.15) is 30.0 Å². The van der Waals surface area contributed by atoms with Gasteiger partial charge in [0.05, 0.1) is 29.5 Å². The van der Waals surface area contributed by atoms with E-state index in [2.05, 4.69) is 20.3 Å². The van der Waals surface area contributed by atoms with Crippen LogP contribution in [0.2, 0.25) is 10.0 Å². The number of hydrogen-bond donors (Lipinski definition) is 1. The molecule has 1 aliphatic rings. The first kappa shape index (κ1) is 27.7. The zero-order chi connectivity index (χ0) is 27.4. The number of rotatable bonds is 10. The quantitative estimate of drug-likeness (QED) is 0.371. The normalized spacial score (nSPS) is 15.0. The van der Waals surface area contributed by atoms with Crippen molar-refractivity contribution in [3.8, 4) is 16.9 Å². The van der Waals surface area contributed by atoms with Gasteiger partial charge in [-0.3, -0.25) is 14.6 Å². The van der Waals surface area contributed by atoms with Crippen LogP contribution in [0.25, 0.3) is 11.1 Å². The highest BCUT2D eigenvalue weighted by molar-refractivity contribution is 6.36. The lowest BCUT2D eigenvalue weighted by atomic mass is 9.85. The largest absolute Gasteiger partial charge is 0.485 e. The number of Topliss-reactive ketones (excluding diaryl/α,β-unsaturated/α-hetero) is 1. The summed E-state index contributed by atoms with van der Waals surface area (Å²) in [5, 5.41) is 2.85. The molecule has 1 aromatic carbocycles. The monoisotopic (exact) mass is 568 g/mol. The molecule has 0 saturated carbocycles. The Bertz CT molecular complexity index is 1340. The van der Waals surface area contributed by atoms with E-state index in [9.17, 15) is 18.4 Å². The molecule has 0 bridgehead atoms. The SMILES string of the molecule is C[C@@H](CC(=O)C1(NC(=O)c2cncnc2)COC1)c1ncc(-c2cc(Cl)cc(Cl)c2OCC(F)F)cc1F. The molecule has 0 unspecified atom stereocenters. The molecule has 3 aromatic rings. The molecular weight excluding hydrogens is 548 g/mol. The molecule has 13 heteroatoms. The number of nitrogens with zero attached hydrogens (tertiary/aromatic N) is 3. The van der Waals surface area contributed by atoms with Gasteiger partial charge < -0.3 is 14.8 Å². The van der Waals surface area contributed by atoms with Crippen molar-refractivity contribution in [2.24, 2.45) is 0 Å². The fourth-order valence-electron chi connectivity index (χ4n) is 3.91. The molecule has 1 fully saturated rings. The number of ether oxygens (including phenoxy) is 2. The highest BCUT2D eigenvalue weighted by Gasteiger charge is 2.47. The molecular formula is C25H21Cl2F3N4O4. The van der Waals surface area contributed by atoms with Gasteiger partial charge in [-0.2, -0.15) is 0 Å². The molecule has 8 nitrogen and oxygen atoms in total. The van der Waals surface area contributed by atoms with E-state index in [1.807, 2.05) is 0 Å². The Labute approximate surface area is 225 Å². The van der Waals surface area contributed by atoms with Crippen LogP contribution in [0.1, 0.15) is 35.3 Å². The Morgan fingerprint density at radius 2 is 1.87 bits per heavy atom. The van der Waals surface area contributed by atoms with Crippen molar-refractivity contribution in [2.75, 3.05) is 19.8 Å². The number of pyridine rings is 1. The van der Waals surface area contributed by atoms with Gasteiger partial charge in [-0.05, 0) is 18.2 Å². The van der Waals surface area contributed by atoms with Crippen molar-refractivity contribution in [3.63, 3.8) is 0 Å². The summed E-state index contributed by atoms with van der Waals surface area (Å²) in [6.07, 6.45) is 2.35. The second kappa shape index (κ2) is 11.6. The van der Waals surface area contributed by atoms with Crippen molar-refractivity contribution < 1.29 is 32.2 Å². The summed E-state index contributed by atoms with van der Waals surface area (Å²) in [6.45, 7) is 0.658. The fourth-order valence-corrected chi connectivity index (χ4v) is 4.46. The zero-order valence-electron chi connectivity index (χ0n) is 19.9. The van der Waals surface area contributed by atoms with Crippen molar-refractivity contribution in [2.45, 2.75) is 31.2 Å². The van der Waals surface area contributed by atoms with E-state index in [1.165, 1.54) is 37.1 Å². The molecule has 1 saturated heterocycles. The minimum absolute atomic E-state index is 0.00320. The van der Waals surface area contributed by atoms with Gasteiger partial charge in [-0.1, -0.05) is 30.1 Å². The Kier molecular flexibility index (Phi) is 8.49. The minimum atomic E-state index is -2.75.